The lowest BCUT2D eigenvalue weighted by molar-refractivity contribution is -0.896. The van der Waals surface area contributed by atoms with Crippen molar-refractivity contribution in [2.45, 2.75) is 25.2 Å². The van der Waals surface area contributed by atoms with Gasteiger partial charge >= 0.3 is 0 Å². The first-order valence-corrected chi connectivity index (χ1v) is 8.44. The number of quaternary nitrogens is 1. The molecular weight excluding hydrogens is 290 g/mol. The van der Waals surface area contributed by atoms with Crippen LogP contribution in [0.2, 0.25) is 5.02 Å². The maximum atomic E-state index is 6.11. The minimum atomic E-state index is 0.131. The third kappa shape index (κ3) is 2.93. The lowest BCUT2D eigenvalue weighted by Crippen LogP contribution is -2.51. The topological polar surface area (TPSA) is 0 Å². The van der Waals surface area contributed by atoms with Crippen LogP contribution in [0.4, 0.5) is 0 Å². The summed E-state index contributed by atoms with van der Waals surface area (Å²) in [6.07, 6.45) is 2.37. The van der Waals surface area contributed by atoms with Gasteiger partial charge in [-0.2, -0.15) is 0 Å². The van der Waals surface area contributed by atoms with E-state index in [1.54, 1.807) is 0 Å². The molecule has 0 bridgehead atoms. The number of hydrogen-bond acceptors (Lipinski definition) is 0. The zero-order valence-electron chi connectivity index (χ0n) is 13.8. The van der Waals surface area contributed by atoms with E-state index in [4.69, 9.17) is 11.6 Å². The predicted molar refractivity (Wildman–Crippen MR) is 94.5 cm³/mol. The van der Waals surface area contributed by atoms with Crippen molar-refractivity contribution in [1.29, 1.82) is 0 Å². The third-order valence-electron chi connectivity index (χ3n) is 5.29. The molecule has 22 heavy (non-hydrogen) atoms. The Labute approximate surface area is 139 Å². The maximum Gasteiger partial charge on any atom is 0.0794 e. The molecule has 1 nitrogen and oxygen atoms in total. The molecule has 0 radical (unpaired) electrons. The first kappa shape index (κ1) is 15.6. The Balaban J connectivity index is 2.06. The van der Waals surface area contributed by atoms with Gasteiger partial charge in [0, 0.05) is 23.3 Å². The van der Waals surface area contributed by atoms with Gasteiger partial charge in [-0.25, -0.2) is 0 Å². The minimum Gasteiger partial charge on any atom is -0.328 e. The van der Waals surface area contributed by atoms with Crippen molar-refractivity contribution in [3.63, 3.8) is 0 Å². The van der Waals surface area contributed by atoms with E-state index in [0.717, 1.165) is 9.51 Å². The molecule has 2 heteroatoms. The van der Waals surface area contributed by atoms with Crippen molar-refractivity contribution in [2.24, 2.45) is 0 Å². The molecule has 0 unspecified atom stereocenters. The Bertz CT molecular complexity index is 583. The molecule has 116 valence electrons. The highest BCUT2D eigenvalue weighted by Gasteiger charge is 2.41. The molecule has 0 atom stereocenters. The predicted octanol–water partition coefficient (Wildman–Crippen LogP) is 4.80. The summed E-state index contributed by atoms with van der Waals surface area (Å²) in [6.45, 7) is 4.56. The van der Waals surface area contributed by atoms with Crippen molar-refractivity contribution >= 4 is 11.6 Å². The van der Waals surface area contributed by atoms with E-state index >= 15 is 0 Å². The fourth-order valence-electron chi connectivity index (χ4n) is 3.61. The maximum absolute atomic E-state index is 6.11. The lowest BCUT2D eigenvalue weighted by Gasteiger charge is -2.45. The summed E-state index contributed by atoms with van der Waals surface area (Å²) in [5.74, 6) is 0. The van der Waals surface area contributed by atoms with Gasteiger partial charge in [0.05, 0.1) is 27.2 Å². The Hall–Kier alpha value is -1.31. The van der Waals surface area contributed by atoms with Gasteiger partial charge in [0.25, 0.3) is 0 Å². The summed E-state index contributed by atoms with van der Waals surface area (Å²) in [7, 11) is 4.67. The minimum absolute atomic E-state index is 0.131. The van der Waals surface area contributed by atoms with E-state index in [-0.39, 0.29) is 5.41 Å². The smallest absolute Gasteiger partial charge is 0.0794 e. The Kier molecular flexibility index (Phi) is 4.05. The van der Waals surface area contributed by atoms with Gasteiger partial charge in [0.1, 0.15) is 0 Å². The van der Waals surface area contributed by atoms with Crippen LogP contribution in [-0.2, 0) is 5.41 Å². The number of halogens is 1. The van der Waals surface area contributed by atoms with Crippen LogP contribution in [0.5, 0.6) is 0 Å². The van der Waals surface area contributed by atoms with Gasteiger partial charge in [-0.1, -0.05) is 53.6 Å². The van der Waals surface area contributed by atoms with Gasteiger partial charge in [0.2, 0.25) is 0 Å². The second kappa shape index (κ2) is 5.72. The summed E-state index contributed by atoms with van der Waals surface area (Å²) >= 11 is 6.11. The molecule has 3 rings (SSSR count). The second-order valence-corrected chi connectivity index (χ2v) is 7.77. The molecule has 0 saturated carbocycles. The summed E-state index contributed by atoms with van der Waals surface area (Å²) in [5.41, 5.74) is 4.30. The zero-order valence-corrected chi connectivity index (χ0v) is 14.5. The molecule has 0 amide bonds. The average molecular weight is 315 g/mol. The Morgan fingerprint density at radius 1 is 0.818 bits per heavy atom. The standard InChI is InChI=1S/C20H25ClN/c1-16-4-6-17(7-5-16)20(12-14-22(2,3)15-13-20)18-8-10-19(21)11-9-18/h4-11H,12-15H2,1-3H3/q+1. The van der Waals surface area contributed by atoms with Gasteiger partial charge in [-0.05, 0) is 30.2 Å². The van der Waals surface area contributed by atoms with Crippen molar-refractivity contribution in [3.05, 3.63) is 70.2 Å². The molecule has 1 aliphatic rings. The second-order valence-electron chi connectivity index (χ2n) is 7.34. The van der Waals surface area contributed by atoms with Gasteiger partial charge in [-0.15, -0.1) is 0 Å². The van der Waals surface area contributed by atoms with Gasteiger partial charge in [0.15, 0.2) is 0 Å². The molecule has 1 fully saturated rings. The van der Waals surface area contributed by atoms with E-state index < -0.39 is 0 Å². The largest absolute Gasteiger partial charge is 0.328 e. The molecule has 0 N–H and O–H groups in total. The van der Waals surface area contributed by atoms with E-state index in [1.807, 2.05) is 12.1 Å². The average Bonchev–Trinajstić information content (AvgIpc) is 2.50. The molecular formula is C20H25ClN+. The van der Waals surface area contributed by atoms with E-state index in [0.29, 0.717) is 0 Å². The summed E-state index contributed by atoms with van der Waals surface area (Å²) < 4.78 is 1.11. The number of hydrogen-bond donors (Lipinski definition) is 0. The molecule has 0 aliphatic carbocycles. The first-order chi connectivity index (χ1) is 10.4. The number of aryl methyl sites for hydroxylation is 1. The van der Waals surface area contributed by atoms with Crippen LogP contribution in [0.3, 0.4) is 0 Å². The SMILES string of the molecule is Cc1ccc(C2(c3ccc(Cl)cc3)CC[N+](C)(C)CC2)cc1. The third-order valence-corrected chi connectivity index (χ3v) is 5.54. The normalized spacial score (nSPS) is 19.8. The highest BCUT2D eigenvalue weighted by molar-refractivity contribution is 6.30. The van der Waals surface area contributed by atoms with Gasteiger partial charge in [-0.3, -0.25) is 0 Å². The number of nitrogens with zero attached hydrogens (tertiary/aromatic N) is 1. The highest BCUT2D eigenvalue weighted by atomic mass is 35.5. The Morgan fingerprint density at radius 2 is 1.27 bits per heavy atom. The molecule has 2 aromatic carbocycles. The van der Waals surface area contributed by atoms with Crippen molar-refractivity contribution in [2.75, 3.05) is 27.2 Å². The molecule has 0 spiro atoms. The fraction of sp³-hybridized carbons (Fsp3) is 0.400. The van der Waals surface area contributed by atoms with Crippen LogP contribution in [0.15, 0.2) is 48.5 Å². The first-order valence-electron chi connectivity index (χ1n) is 8.07. The van der Waals surface area contributed by atoms with Crippen molar-refractivity contribution in [3.8, 4) is 0 Å². The van der Waals surface area contributed by atoms with Crippen LogP contribution in [0.25, 0.3) is 0 Å². The molecule has 1 saturated heterocycles. The van der Waals surface area contributed by atoms with E-state index in [9.17, 15) is 0 Å². The molecule has 1 aliphatic heterocycles. The van der Waals surface area contributed by atoms with E-state index in [1.165, 1.54) is 42.6 Å². The lowest BCUT2D eigenvalue weighted by atomic mass is 9.67. The Morgan fingerprint density at radius 3 is 1.77 bits per heavy atom. The van der Waals surface area contributed by atoms with Crippen LogP contribution >= 0.6 is 11.6 Å². The number of piperidine rings is 1. The van der Waals surface area contributed by atoms with Crippen LogP contribution < -0.4 is 0 Å². The molecule has 0 aromatic heterocycles. The zero-order chi connectivity index (χ0) is 15.8. The highest BCUT2D eigenvalue weighted by Crippen LogP contribution is 2.43. The summed E-state index contributed by atoms with van der Waals surface area (Å²) in [6, 6.07) is 17.6. The van der Waals surface area contributed by atoms with Gasteiger partial charge < -0.3 is 4.48 Å². The van der Waals surface area contributed by atoms with Crippen LogP contribution in [-0.4, -0.2) is 31.7 Å². The fourth-order valence-corrected chi connectivity index (χ4v) is 3.74. The number of rotatable bonds is 2. The van der Waals surface area contributed by atoms with E-state index in [2.05, 4.69) is 57.4 Å². The van der Waals surface area contributed by atoms with Crippen LogP contribution in [0.1, 0.15) is 29.5 Å². The summed E-state index contributed by atoms with van der Waals surface area (Å²) in [5, 5.41) is 0.815. The number of benzene rings is 2. The van der Waals surface area contributed by atoms with Crippen molar-refractivity contribution in [1.82, 2.24) is 0 Å². The van der Waals surface area contributed by atoms with Crippen LogP contribution in [0, 0.1) is 6.92 Å². The molecule has 1 heterocycles. The van der Waals surface area contributed by atoms with Crippen molar-refractivity contribution < 1.29 is 4.48 Å². The molecule has 2 aromatic rings. The summed E-state index contributed by atoms with van der Waals surface area (Å²) in [4.78, 5) is 0. The monoisotopic (exact) mass is 314 g/mol. The quantitative estimate of drug-likeness (QED) is 0.698. The number of likely N-dealkylation sites (tertiary alicyclic amines) is 1.